The van der Waals surface area contributed by atoms with Crippen molar-refractivity contribution in [3.05, 3.63) is 53.6 Å². The molecular formula is C19H21N3O3. The van der Waals surface area contributed by atoms with Crippen LogP contribution in [0.5, 0.6) is 5.75 Å². The third-order valence-corrected chi connectivity index (χ3v) is 4.12. The maximum Gasteiger partial charge on any atom is 0.319 e. The monoisotopic (exact) mass is 339 g/mol. The highest BCUT2D eigenvalue weighted by Crippen LogP contribution is 2.24. The Morgan fingerprint density at radius 3 is 2.64 bits per heavy atom. The smallest absolute Gasteiger partial charge is 0.319 e. The lowest BCUT2D eigenvalue weighted by molar-refractivity contribution is -0.115. The van der Waals surface area contributed by atoms with Crippen molar-refractivity contribution >= 4 is 23.3 Å². The molecule has 0 heterocycles. The first-order valence-corrected chi connectivity index (χ1v) is 8.24. The number of hydrogen-bond acceptors (Lipinski definition) is 3. The highest BCUT2D eigenvalue weighted by molar-refractivity contribution is 5.97. The van der Waals surface area contributed by atoms with Crippen molar-refractivity contribution in [2.75, 3.05) is 24.3 Å². The third kappa shape index (κ3) is 4.50. The van der Waals surface area contributed by atoms with Crippen molar-refractivity contribution in [1.29, 1.82) is 0 Å². The van der Waals surface area contributed by atoms with Crippen molar-refractivity contribution in [3.8, 4) is 5.75 Å². The highest BCUT2D eigenvalue weighted by Gasteiger charge is 2.12. The maximum atomic E-state index is 12.0. The molecule has 2 aromatic carbocycles. The molecular weight excluding hydrogens is 318 g/mol. The van der Waals surface area contributed by atoms with Gasteiger partial charge < -0.3 is 20.7 Å². The van der Waals surface area contributed by atoms with Crippen LogP contribution >= 0.6 is 0 Å². The van der Waals surface area contributed by atoms with Crippen LogP contribution in [0.3, 0.4) is 0 Å². The summed E-state index contributed by atoms with van der Waals surface area (Å²) in [5, 5.41) is 8.01. The van der Waals surface area contributed by atoms with E-state index in [0.29, 0.717) is 11.4 Å². The van der Waals surface area contributed by atoms with Gasteiger partial charge in [-0.2, -0.15) is 0 Å². The topological polar surface area (TPSA) is 79.5 Å². The Labute approximate surface area is 146 Å². The van der Waals surface area contributed by atoms with Gasteiger partial charge in [-0.1, -0.05) is 12.1 Å². The molecule has 0 fully saturated rings. The predicted octanol–water partition coefficient (Wildman–Crippen LogP) is 2.94. The predicted molar refractivity (Wildman–Crippen MR) is 97.1 cm³/mol. The van der Waals surface area contributed by atoms with E-state index >= 15 is 0 Å². The number of carbonyl (C=O) groups is 2. The lowest BCUT2D eigenvalue weighted by Gasteiger charge is -2.10. The van der Waals surface area contributed by atoms with Gasteiger partial charge in [0, 0.05) is 17.4 Å². The van der Waals surface area contributed by atoms with Gasteiger partial charge in [0.05, 0.1) is 13.7 Å². The van der Waals surface area contributed by atoms with E-state index < -0.39 is 6.03 Å². The number of rotatable bonds is 5. The maximum absolute atomic E-state index is 12.0. The Morgan fingerprint density at radius 1 is 1.00 bits per heavy atom. The molecule has 0 bridgehead atoms. The lowest BCUT2D eigenvalue weighted by Crippen LogP contribution is -2.35. The van der Waals surface area contributed by atoms with E-state index in [0.717, 1.165) is 18.5 Å². The number of ether oxygens (including phenoxy) is 1. The van der Waals surface area contributed by atoms with Gasteiger partial charge in [0.2, 0.25) is 5.91 Å². The fourth-order valence-electron chi connectivity index (χ4n) is 2.89. The van der Waals surface area contributed by atoms with E-state index in [9.17, 15) is 9.59 Å². The third-order valence-electron chi connectivity index (χ3n) is 4.12. The van der Waals surface area contributed by atoms with Gasteiger partial charge in [-0.05, 0) is 54.7 Å². The zero-order valence-electron chi connectivity index (χ0n) is 14.1. The molecule has 0 atom stereocenters. The van der Waals surface area contributed by atoms with Crippen LogP contribution in [-0.2, 0) is 17.6 Å². The van der Waals surface area contributed by atoms with Gasteiger partial charge in [-0.15, -0.1) is 0 Å². The first kappa shape index (κ1) is 16.8. The Kier molecular flexibility index (Phi) is 5.18. The second kappa shape index (κ2) is 7.70. The van der Waals surface area contributed by atoms with Crippen molar-refractivity contribution in [1.82, 2.24) is 5.32 Å². The quantitative estimate of drug-likeness (QED) is 0.783. The molecule has 0 saturated heterocycles. The van der Waals surface area contributed by atoms with Crippen molar-refractivity contribution in [3.63, 3.8) is 0 Å². The van der Waals surface area contributed by atoms with Gasteiger partial charge in [0.1, 0.15) is 5.75 Å². The summed E-state index contributed by atoms with van der Waals surface area (Å²) < 4.78 is 5.10. The minimum Gasteiger partial charge on any atom is -0.497 e. The number of aryl methyl sites for hydroxylation is 2. The Bertz CT molecular complexity index is 789. The molecule has 130 valence electrons. The molecule has 0 unspecified atom stereocenters. The minimum atomic E-state index is -0.447. The van der Waals surface area contributed by atoms with Crippen LogP contribution in [-0.4, -0.2) is 25.6 Å². The van der Waals surface area contributed by atoms with Crippen LogP contribution in [0.1, 0.15) is 17.5 Å². The number of amides is 3. The summed E-state index contributed by atoms with van der Waals surface area (Å²) >= 11 is 0. The molecule has 1 aliphatic rings. The van der Waals surface area contributed by atoms with E-state index in [1.807, 2.05) is 12.1 Å². The van der Waals surface area contributed by atoms with E-state index in [-0.39, 0.29) is 12.5 Å². The first-order chi connectivity index (χ1) is 12.1. The van der Waals surface area contributed by atoms with Crippen molar-refractivity contribution in [2.45, 2.75) is 19.3 Å². The van der Waals surface area contributed by atoms with Gasteiger partial charge >= 0.3 is 6.03 Å². The van der Waals surface area contributed by atoms with Crippen LogP contribution < -0.4 is 20.7 Å². The number of methoxy groups -OCH3 is 1. The Balaban J connectivity index is 1.47. The summed E-state index contributed by atoms with van der Waals surface area (Å²) in [6, 6.07) is 12.5. The standard InChI is InChI=1S/C19H21N3O3/c1-25-17-7-3-6-15(11-17)22-19(24)20-12-18(23)21-16-9-8-13-4-2-5-14(13)10-16/h3,6-11H,2,4-5,12H2,1H3,(H,21,23)(H2,20,22,24). The molecule has 1 aliphatic carbocycles. The highest BCUT2D eigenvalue weighted by atomic mass is 16.5. The van der Waals surface area contributed by atoms with Gasteiger partial charge in [0.25, 0.3) is 0 Å². The summed E-state index contributed by atoms with van der Waals surface area (Å²) in [6.07, 6.45) is 3.33. The van der Waals surface area contributed by atoms with Crippen molar-refractivity contribution < 1.29 is 14.3 Å². The normalized spacial score (nSPS) is 12.2. The van der Waals surface area contributed by atoms with Crippen LogP contribution in [0.15, 0.2) is 42.5 Å². The summed E-state index contributed by atoms with van der Waals surface area (Å²) in [5.41, 5.74) is 4.01. The molecule has 0 aliphatic heterocycles. The molecule has 3 rings (SSSR count). The molecule has 6 heteroatoms. The molecule has 25 heavy (non-hydrogen) atoms. The summed E-state index contributed by atoms with van der Waals surface area (Å²) in [4.78, 5) is 23.9. The van der Waals surface area contributed by atoms with Crippen LogP contribution in [0.25, 0.3) is 0 Å². The van der Waals surface area contributed by atoms with Gasteiger partial charge in [-0.3, -0.25) is 4.79 Å². The minimum absolute atomic E-state index is 0.104. The molecule has 3 N–H and O–H groups in total. The number of fused-ring (bicyclic) bond motifs is 1. The largest absolute Gasteiger partial charge is 0.497 e. The summed E-state index contributed by atoms with van der Waals surface area (Å²) in [5.74, 6) is 0.380. The lowest BCUT2D eigenvalue weighted by atomic mass is 10.1. The number of benzene rings is 2. The number of carbonyl (C=O) groups excluding carboxylic acids is 2. The number of urea groups is 1. The SMILES string of the molecule is COc1cccc(NC(=O)NCC(=O)Nc2ccc3c(c2)CCC3)c1. The molecule has 3 amide bonds. The van der Waals surface area contributed by atoms with E-state index in [1.54, 1.807) is 31.4 Å². The summed E-state index contributed by atoms with van der Waals surface area (Å²) in [6.45, 7) is -0.104. The molecule has 0 saturated carbocycles. The number of nitrogens with one attached hydrogen (secondary N) is 3. The fraction of sp³-hybridized carbons (Fsp3) is 0.263. The van der Waals surface area contributed by atoms with Crippen molar-refractivity contribution in [2.24, 2.45) is 0 Å². The van der Waals surface area contributed by atoms with E-state index in [1.165, 1.54) is 17.5 Å². The molecule has 2 aromatic rings. The van der Waals surface area contributed by atoms with E-state index in [4.69, 9.17) is 4.74 Å². The average Bonchev–Trinajstić information content (AvgIpc) is 3.08. The number of anilines is 2. The second-order valence-corrected chi connectivity index (χ2v) is 5.92. The number of hydrogen-bond donors (Lipinski definition) is 3. The van der Waals surface area contributed by atoms with Crippen LogP contribution in [0.2, 0.25) is 0 Å². The Morgan fingerprint density at radius 2 is 1.80 bits per heavy atom. The average molecular weight is 339 g/mol. The second-order valence-electron chi connectivity index (χ2n) is 5.92. The summed E-state index contributed by atoms with van der Waals surface area (Å²) in [7, 11) is 1.56. The molecule has 6 nitrogen and oxygen atoms in total. The molecule has 0 aromatic heterocycles. The molecule has 0 radical (unpaired) electrons. The molecule has 0 spiro atoms. The van der Waals surface area contributed by atoms with Crippen LogP contribution in [0.4, 0.5) is 16.2 Å². The first-order valence-electron chi connectivity index (χ1n) is 8.24. The fourth-order valence-corrected chi connectivity index (χ4v) is 2.89. The van der Waals surface area contributed by atoms with Crippen LogP contribution in [0, 0.1) is 0 Å². The van der Waals surface area contributed by atoms with E-state index in [2.05, 4.69) is 22.0 Å². The van der Waals surface area contributed by atoms with Gasteiger partial charge in [-0.25, -0.2) is 4.79 Å². The Hall–Kier alpha value is -3.02. The zero-order valence-corrected chi connectivity index (χ0v) is 14.1. The zero-order chi connectivity index (χ0) is 17.6. The van der Waals surface area contributed by atoms with Gasteiger partial charge in [0.15, 0.2) is 0 Å².